The first kappa shape index (κ1) is 7.40. The Kier molecular flexibility index (Phi) is 1.64. The number of rotatable bonds is 1. The maximum absolute atomic E-state index is 4.12. The van der Waals surface area contributed by atoms with Crippen LogP contribution >= 0.6 is 0 Å². The molecule has 1 aliphatic rings. The summed E-state index contributed by atoms with van der Waals surface area (Å²) in [6.07, 6.45) is 1.87. The first-order valence-corrected chi connectivity index (χ1v) is 4.13. The topological polar surface area (TPSA) is 38.1 Å². The Morgan fingerprint density at radius 1 is 1.33 bits per heavy atom. The van der Waals surface area contributed by atoms with E-state index in [1.807, 2.05) is 6.21 Å². The molecule has 0 fully saturated rings. The van der Waals surface area contributed by atoms with Crippen LogP contribution in [0.5, 0.6) is 0 Å². The standard InChI is InChI=1S/C9H11N3/c1-6(2)8-3-7-4-10-5-9(7)12-11-8/h3-4,6H,5H2,1-2H3. The summed E-state index contributed by atoms with van der Waals surface area (Å²) in [5, 5.41) is 8.23. The first-order chi connectivity index (χ1) is 5.77. The normalized spacial score (nSPS) is 13.9. The van der Waals surface area contributed by atoms with Crippen LogP contribution in [0.1, 0.15) is 36.7 Å². The maximum atomic E-state index is 4.12. The summed E-state index contributed by atoms with van der Waals surface area (Å²) in [6.45, 7) is 4.92. The van der Waals surface area contributed by atoms with Crippen molar-refractivity contribution in [2.75, 3.05) is 0 Å². The van der Waals surface area contributed by atoms with Gasteiger partial charge in [0.25, 0.3) is 0 Å². The second-order valence-electron chi connectivity index (χ2n) is 3.30. The van der Waals surface area contributed by atoms with Gasteiger partial charge in [0.1, 0.15) is 0 Å². The van der Waals surface area contributed by atoms with Crippen LogP contribution in [0.25, 0.3) is 0 Å². The highest BCUT2D eigenvalue weighted by molar-refractivity contribution is 5.83. The summed E-state index contributed by atoms with van der Waals surface area (Å²) in [5.74, 6) is 0.441. The summed E-state index contributed by atoms with van der Waals surface area (Å²) in [7, 11) is 0. The molecule has 2 heterocycles. The number of aliphatic imine (C=N–C) groups is 1. The zero-order valence-corrected chi connectivity index (χ0v) is 7.28. The van der Waals surface area contributed by atoms with Gasteiger partial charge < -0.3 is 0 Å². The van der Waals surface area contributed by atoms with Gasteiger partial charge in [-0.2, -0.15) is 10.2 Å². The maximum Gasteiger partial charge on any atom is 0.0932 e. The van der Waals surface area contributed by atoms with E-state index in [9.17, 15) is 0 Å². The lowest BCUT2D eigenvalue weighted by Crippen LogP contribution is -2.00. The average Bonchev–Trinajstić information content (AvgIpc) is 2.49. The highest BCUT2D eigenvalue weighted by atomic mass is 15.1. The summed E-state index contributed by atoms with van der Waals surface area (Å²) >= 11 is 0. The van der Waals surface area contributed by atoms with E-state index in [1.54, 1.807) is 0 Å². The predicted molar refractivity (Wildman–Crippen MR) is 47.4 cm³/mol. The third-order valence-corrected chi connectivity index (χ3v) is 1.99. The molecular formula is C9H11N3. The van der Waals surface area contributed by atoms with Crippen molar-refractivity contribution in [3.8, 4) is 0 Å². The largest absolute Gasteiger partial charge is 0.286 e. The van der Waals surface area contributed by atoms with Crippen LogP contribution in [-0.4, -0.2) is 16.4 Å². The van der Waals surface area contributed by atoms with Crippen LogP contribution in [-0.2, 0) is 6.54 Å². The summed E-state index contributed by atoms with van der Waals surface area (Å²) in [5.41, 5.74) is 3.18. The molecule has 1 aromatic rings. The molecule has 0 saturated carbocycles. The van der Waals surface area contributed by atoms with Crippen LogP contribution in [0.4, 0.5) is 0 Å². The van der Waals surface area contributed by atoms with Crippen molar-refractivity contribution in [3.63, 3.8) is 0 Å². The fraction of sp³-hybridized carbons (Fsp3) is 0.444. The Balaban J connectivity index is 2.44. The van der Waals surface area contributed by atoms with E-state index >= 15 is 0 Å². The van der Waals surface area contributed by atoms with Gasteiger partial charge in [-0.3, -0.25) is 4.99 Å². The number of fused-ring (bicyclic) bond motifs is 1. The lowest BCUT2D eigenvalue weighted by atomic mass is 10.1. The average molecular weight is 161 g/mol. The Hall–Kier alpha value is -1.25. The lowest BCUT2D eigenvalue weighted by molar-refractivity contribution is 0.769. The molecule has 0 spiro atoms. The molecule has 62 valence electrons. The van der Waals surface area contributed by atoms with Crippen molar-refractivity contribution in [2.24, 2.45) is 4.99 Å². The van der Waals surface area contributed by atoms with E-state index < -0.39 is 0 Å². The van der Waals surface area contributed by atoms with Crippen molar-refractivity contribution in [1.82, 2.24) is 10.2 Å². The fourth-order valence-electron chi connectivity index (χ4n) is 1.19. The molecule has 1 aliphatic heterocycles. The highest BCUT2D eigenvalue weighted by Crippen LogP contribution is 2.16. The van der Waals surface area contributed by atoms with Gasteiger partial charge in [0.2, 0.25) is 0 Å². The second-order valence-corrected chi connectivity index (χ2v) is 3.30. The molecule has 0 amide bonds. The van der Waals surface area contributed by atoms with Crippen LogP contribution in [0.2, 0.25) is 0 Å². The minimum Gasteiger partial charge on any atom is -0.286 e. The summed E-state index contributed by atoms with van der Waals surface area (Å²) in [6, 6.07) is 2.07. The van der Waals surface area contributed by atoms with Crippen molar-refractivity contribution in [3.05, 3.63) is 23.0 Å². The van der Waals surface area contributed by atoms with Gasteiger partial charge in [0, 0.05) is 11.8 Å². The Labute approximate surface area is 71.6 Å². The number of aromatic nitrogens is 2. The van der Waals surface area contributed by atoms with Crippen LogP contribution in [0.3, 0.4) is 0 Å². The molecule has 12 heavy (non-hydrogen) atoms. The molecule has 0 radical (unpaired) electrons. The van der Waals surface area contributed by atoms with Gasteiger partial charge in [-0.15, -0.1) is 0 Å². The van der Waals surface area contributed by atoms with Gasteiger partial charge >= 0.3 is 0 Å². The Bertz CT molecular complexity index is 329. The summed E-state index contributed by atoms with van der Waals surface area (Å²) in [4.78, 5) is 4.12. The molecule has 0 bridgehead atoms. The molecule has 1 aromatic heterocycles. The number of hydrogen-bond donors (Lipinski definition) is 0. The Morgan fingerprint density at radius 3 is 2.92 bits per heavy atom. The number of nitrogens with zero attached hydrogens (tertiary/aromatic N) is 3. The minimum absolute atomic E-state index is 0.441. The Morgan fingerprint density at radius 2 is 2.17 bits per heavy atom. The van der Waals surface area contributed by atoms with E-state index in [0.29, 0.717) is 12.5 Å². The molecular weight excluding hydrogens is 150 g/mol. The van der Waals surface area contributed by atoms with Crippen molar-refractivity contribution < 1.29 is 0 Å². The van der Waals surface area contributed by atoms with E-state index in [0.717, 1.165) is 17.0 Å². The van der Waals surface area contributed by atoms with E-state index in [2.05, 4.69) is 35.1 Å². The molecule has 0 aromatic carbocycles. The first-order valence-electron chi connectivity index (χ1n) is 4.13. The van der Waals surface area contributed by atoms with Gasteiger partial charge in [0.05, 0.1) is 17.9 Å². The fourth-order valence-corrected chi connectivity index (χ4v) is 1.19. The molecule has 3 heteroatoms. The monoisotopic (exact) mass is 161 g/mol. The molecule has 3 nitrogen and oxygen atoms in total. The quantitative estimate of drug-likeness (QED) is 0.626. The van der Waals surface area contributed by atoms with Crippen LogP contribution < -0.4 is 0 Å². The van der Waals surface area contributed by atoms with E-state index in [-0.39, 0.29) is 0 Å². The number of hydrogen-bond acceptors (Lipinski definition) is 3. The predicted octanol–water partition coefficient (Wildman–Crippen LogP) is 1.53. The zero-order valence-electron chi connectivity index (χ0n) is 7.28. The van der Waals surface area contributed by atoms with Crippen molar-refractivity contribution in [2.45, 2.75) is 26.3 Å². The second kappa shape index (κ2) is 2.66. The van der Waals surface area contributed by atoms with Gasteiger partial charge in [-0.05, 0) is 12.0 Å². The molecule has 0 N–H and O–H groups in total. The minimum atomic E-state index is 0.441. The molecule has 2 rings (SSSR count). The third-order valence-electron chi connectivity index (χ3n) is 1.99. The lowest BCUT2D eigenvalue weighted by Gasteiger charge is -2.03. The molecule has 0 saturated heterocycles. The highest BCUT2D eigenvalue weighted by Gasteiger charge is 2.10. The van der Waals surface area contributed by atoms with Gasteiger partial charge in [-0.1, -0.05) is 13.8 Å². The third kappa shape index (κ3) is 1.11. The zero-order chi connectivity index (χ0) is 8.55. The van der Waals surface area contributed by atoms with Gasteiger partial charge in [-0.25, -0.2) is 0 Å². The van der Waals surface area contributed by atoms with Crippen molar-refractivity contribution >= 4 is 6.21 Å². The molecule has 0 aliphatic carbocycles. The van der Waals surface area contributed by atoms with Crippen LogP contribution in [0.15, 0.2) is 11.1 Å². The molecule has 0 atom stereocenters. The van der Waals surface area contributed by atoms with E-state index in [1.165, 1.54) is 0 Å². The van der Waals surface area contributed by atoms with E-state index in [4.69, 9.17) is 0 Å². The molecule has 0 unspecified atom stereocenters. The van der Waals surface area contributed by atoms with Gasteiger partial charge in [0.15, 0.2) is 0 Å². The summed E-state index contributed by atoms with van der Waals surface area (Å²) < 4.78 is 0. The smallest absolute Gasteiger partial charge is 0.0932 e. The van der Waals surface area contributed by atoms with Crippen LogP contribution in [0, 0.1) is 0 Å². The SMILES string of the molecule is CC(C)c1cc2c(nn1)CN=C2. The van der Waals surface area contributed by atoms with Crippen molar-refractivity contribution in [1.29, 1.82) is 0 Å².